The van der Waals surface area contributed by atoms with Gasteiger partial charge in [-0.15, -0.1) is 0 Å². The first-order chi connectivity index (χ1) is 31.2. The summed E-state index contributed by atoms with van der Waals surface area (Å²) >= 11 is 0. The van der Waals surface area contributed by atoms with Crippen LogP contribution in [0.3, 0.4) is 0 Å². The predicted molar refractivity (Wildman–Crippen MR) is 280 cm³/mol. The summed E-state index contributed by atoms with van der Waals surface area (Å²) in [6.45, 7) is 4.18. The van der Waals surface area contributed by atoms with Crippen molar-refractivity contribution in [2.75, 3.05) is 6.61 Å². The maximum absolute atomic E-state index is 12.4. The van der Waals surface area contributed by atoms with Gasteiger partial charge in [0.15, 0.2) is 0 Å². The van der Waals surface area contributed by atoms with E-state index < -0.39 is 12.1 Å². The zero-order valence-electron chi connectivity index (χ0n) is 41.6. The Labute approximate surface area is 392 Å². The molecule has 3 N–H and O–H groups in total. The summed E-state index contributed by atoms with van der Waals surface area (Å²) in [6, 6.07) is -0.661. The van der Waals surface area contributed by atoms with Crippen LogP contribution in [-0.2, 0) is 4.79 Å². The lowest BCUT2D eigenvalue weighted by Crippen LogP contribution is -2.45. The average Bonchev–Trinajstić information content (AvgIpc) is 3.29. The van der Waals surface area contributed by atoms with Crippen LogP contribution in [0, 0.1) is 0 Å². The number of amides is 1. The van der Waals surface area contributed by atoms with Gasteiger partial charge in [0.2, 0.25) is 5.91 Å². The van der Waals surface area contributed by atoms with Crippen molar-refractivity contribution in [2.24, 2.45) is 0 Å². The van der Waals surface area contributed by atoms with Gasteiger partial charge in [-0.1, -0.05) is 259 Å². The average molecular weight is 874 g/mol. The lowest BCUT2D eigenvalue weighted by molar-refractivity contribution is -0.123. The molecule has 0 saturated carbocycles. The molecule has 4 nitrogen and oxygen atoms in total. The van der Waals surface area contributed by atoms with Crippen molar-refractivity contribution in [3.63, 3.8) is 0 Å². The van der Waals surface area contributed by atoms with E-state index in [2.05, 4.69) is 104 Å². The molecule has 0 radical (unpaired) electrons. The molecule has 0 aliphatic heterocycles. The Morgan fingerprint density at radius 2 is 0.714 bits per heavy atom. The highest BCUT2D eigenvalue weighted by Crippen LogP contribution is 2.16. The van der Waals surface area contributed by atoms with Crippen LogP contribution in [0.25, 0.3) is 0 Å². The number of nitrogens with one attached hydrogen (secondary N) is 1. The van der Waals surface area contributed by atoms with Crippen LogP contribution in [0.5, 0.6) is 0 Å². The zero-order valence-corrected chi connectivity index (χ0v) is 41.6. The molecule has 0 rings (SSSR count). The highest BCUT2D eigenvalue weighted by Gasteiger charge is 2.17. The van der Waals surface area contributed by atoms with Crippen LogP contribution in [-0.4, -0.2) is 34.9 Å². The number of carbonyl (C=O) groups is 1. The SMILES string of the molecule is CC/C=C\C/C=C\C/C=C\C/C=C\C/C=C\C/C=C\CCCCCCC(=O)NC(CO)C(O)/C=C/CC/C=C/CCCCCCCCCCCCCCCCCCCCCCCC. The summed E-state index contributed by atoms with van der Waals surface area (Å²) in [5.74, 6) is -0.100. The van der Waals surface area contributed by atoms with Gasteiger partial charge in [-0.05, 0) is 83.5 Å². The van der Waals surface area contributed by atoms with Crippen molar-refractivity contribution in [1.82, 2.24) is 5.32 Å². The Morgan fingerprint density at radius 3 is 1.11 bits per heavy atom. The largest absolute Gasteiger partial charge is 0.394 e. The van der Waals surface area contributed by atoms with Gasteiger partial charge in [-0.3, -0.25) is 4.79 Å². The number of rotatable bonds is 48. The maximum Gasteiger partial charge on any atom is 0.220 e. The summed E-state index contributed by atoms with van der Waals surface area (Å²) in [5.41, 5.74) is 0. The third kappa shape index (κ3) is 50.2. The van der Waals surface area contributed by atoms with E-state index in [1.165, 1.54) is 141 Å². The Hall–Kier alpha value is -2.69. The Balaban J connectivity index is 3.63. The van der Waals surface area contributed by atoms with Crippen LogP contribution in [0.2, 0.25) is 0 Å². The minimum Gasteiger partial charge on any atom is -0.394 e. The third-order valence-electron chi connectivity index (χ3n) is 11.8. The first kappa shape index (κ1) is 60.3. The van der Waals surface area contributed by atoms with Gasteiger partial charge in [0.25, 0.3) is 0 Å². The van der Waals surface area contributed by atoms with Gasteiger partial charge < -0.3 is 15.5 Å². The molecule has 0 aliphatic carbocycles. The van der Waals surface area contributed by atoms with Crippen molar-refractivity contribution in [3.05, 3.63) is 97.2 Å². The summed E-state index contributed by atoms with van der Waals surface area (Å²) in [4.78, 5) is 12.4. The Bertz CT molecular complexity index is 1170. The summed E-state index contributed by atoms with van der Waals surface area (Å²) < 4.78 is 0. The second kappa shape index (κ2) is 53.6. The normalized spacial score (nSPS) is 13.7. The van der Waals surface area contributed by atoms with Crippen LogP contribution < -0.4 is 5.32 Å². The molecule has 4 heteroatoms. The van der Waals surface area contributed by atoms with E-state index in [9.17, 15) is 15.0 Å². The van der Waals surface area contributed by atoms with Crippen LogP contribution in [0.15, 0.2) is 97.2 Å². The molecule has 362 valence electrons. The molecular formula is C59H103NO3. The number of hydrogen-bond donors (Lipinski definition) is 3. The zero-order chi connectivity index (χ0) is 45.6. The smallest absolute Gasteiger partial charge is 0.220 e. The fraction of sp³-hybridized carbons (Fsp3) is 0.712. The van der Waals surface area contributed by atoms with Crippen molar-refractivity contribution in [2.45, 2.75) is 264 Å². The van der Waals surface area contributed by atoms with E-state index in [0.717, 1.165) is 89.9 Å². The first-order valence-electron chi connectivity index (χ1n) is 27.0. The molecule has 2 unspecified atom stereocenters. The molecular weight excluding hydrogens is 771 g/mol. The highest BCUT2D eigenvalue weighted by molar-refractivity contribution is 5.76. The summed E-state index contributed by atoms with van der Waals surface area (Å²) in [6.07, 6.45) is 79.9. The van der Waals surface area contributed by atoms with E-state index >= 15 is 0 Å². The van der Waals surface area contributed by atoms with Gasteiger partial charge >= 0.3 is 0 Å². The standard InChI is InChI=1S/C59H103NO3/c1-3-5-7-9-11-13-15-17-19-21-23-25-27-28-29-30-31-33-34-36-38-40-42-44-46-48-50-52-54-58(62)57(56-61)60-59(63)55-53-51-49-47-45-43-41-39-37-35-32-26-24-22-20-18-16-14-12-10-8-6-4-2/h6,8,12,14,18,20,24,26,35,37,41,43-44,46,52,54,57-58,61-62H,3-5,7,9-11,13,15-17,19,21-23,25,27-34,36,38-40,42,45,47-51,53,55-56H2,1-2H3,(H,60,63)/b8-6-,14-12-,20-18-,26-24-,37-35-,43-41-,46-44+,54-52+. The van der Waals surface area contributed by atoms with Crippen molar-refractivity contribution < 1.29 is 15.0 Å². The van der Waals surface area contributed by atoms with Gasteiger partial charge in [-0.2, -0.15) is 0 Å². The van der Waals surface area contributed by atoms with Crippen molar-refractivity contribution >= 4 is 5.91 Å². The highest BCUT2D eigenvalue weighted by atomic mass is 16.3. The fourth-order valence-corrected chi connectivity index (χ4v) is 7.73. The topological polar surface area (TPSA) is 69.6 Å². The number of aliphatic hydroxyl groups excluding tert-OH is 2. The first-order valence-corrected chi connectivity index (χ1v) is 27.0. The van der Waals surface area contributed by atoms with Gasteiger partial charge in [0, 0.05) is 6.42 Å². The van der Waals surface area contributed by atoms with Crippen molar-refractivity contribution in [1.29, 1.82) is 0 Å². The molecule has 0 aromatic rings. The third-order valence-corrected chi connectivity index (χ3v) is 11.8. The molecule has 0 aromatic carbocycles. The molecule has 0 fully saturated rings. The van der Waals surface area contributed by atoms with E-state index in [0.29, 0.717) is 6.42 Å². The predicted octanol–water partition coefficient (Wildman–Crippen LogP) is 17.7. The van der Waals surface area contributed by atoms with E-state index in [1.807, 2.05) is 6.08 Å². The second-order valence-electron chi connectivity index (χ2n) is 17.9. The number of aliphatic hydroxyl groups is 2. The number of unbranched alkanes of at least 4 members (excludes halogenated alkanes) is 27. The summed E-state index contributed by atoms with van der Waals surface area (Å²) in [5, 5.41) is 23.1. The Morgan fingerprint density at radius 1 is 0.397 bits per heavy atom. The molecule has 0 saturated heterocycles. The molecule has 0 bridgehead atoms. The molecule has 0 aromatic heterocycles. The summed E-state index contributed by atoms with van der Waals surface area (Å²) in [7, 11) is 0. The Kier molecular flexibility index (Phi) is 51.4. The lowest BCUT2D eigenvalue weighted by atomic mass is 10.0. The fourth-order valence-electron chi connectivity index (χ4n) is 7.73. The van der Waals surface area contributed by atoms with Crippen molar-refractivity contribution in [3.8, 4) is 0 Å². The van der Waals surface area contributed by atoms with Crippen LogP contribution in [0.1, 0.15) is 251 Å². The molecule has 0 heterocycles. The van der Waals surface area contributed by atoms with Crippen LogP contribution in [0.4, 0.5) is 0 Å². The van der Waals surface area contributed by atoms with Crippen LogP contribution >= 0.6 is 0 Å². The molecule has 1 amide bonds. The number of carbonyl (C=O) groups excluding carboxylic acids is 1. The van der Waals surface area contributed by atoms with Gasteiger partial charge in [0.05, 0.1) is 18.8 Å². The van der Waals surface area contributed by atoms with Gasteiger partial charge in [0.1, 0.15) is 0 Å². The molecule has 63 heavy (non-hydrogen) atoms. The lowest BCUT2D eigenvalue weighted by Gasteiger charge is -2.19. The minimum absolute atomic E-state index is 0.100. The van der Waals surface area contributed by atoms with E-state index in [4.69, 9.17) is 0 Å². The monoisotopic (exact) mass is 874 g/mol. The molecule has 0 spiro atoms. The van der Waals surface area contributed by atoms with E-state index in [-0.39, 0.29) is 12.5 Å². The quantitative estimate of drug-likeness (QED) is 0.0421. The van der Waals surface area contributed by atoms with Gasteiger partial charge in [-0.25, -0.2) is 0 Å². The minimum atomic E-state index is -0.881. The number of allylic oxidation sites excluding steroid dienone is 15. The number of hydrogen-bond acceptors (Lipinski definition) is 3. The molecule has 2 atom stereocenters. The maximum atomic E-state index is 12.4. The second-order valence-corrected chi connectivity index (χ2v) is 17.9. The van der Waals surface area contributed by atoms with E-state index in [1.54, 1.807) is 6.08 Å². The molecule has 0 aliphatic rings.